The van der Waals surface area contributed by atoms with Gasteiger partial charge in [0.1, 0.15) is 18.3 Å². The molecule has 0 saturated heterocycles. The van der Waals surface area contributed by atoms with E-state index in [1.54, 1.807) is 49.4 Å². The Morgan fingerprint density at radius 1 is 0.872 bits per heavy atom. The van der Waals surface area contributed by atoms with Crippen molar-refractivity contribution in [2.24, 2.45) is 0 Å². The number of ether oxygens (including phenoxy) is 1. The molecule has 1 N–H and O–H groups in total. The van der Waals surface area contributed by atoms with E-state index in [1.807, 2.05) is 51.1 Å². The van der Waals surface area contributed by atoms with Crippen LogP contribution in [0.4, 0.5) is 5.69 Å². The highest BCUT2D eigenvalue weighted by atomic mass is 32.2. The molecule has 2 atom stereocenters. The van der Waals surface area contributed by atoms with Crippen LogP contribution in [0.3, 0.4) is 0 Å². The number of carbonyl (C=O) groups excluding carboxylic acids is 2. The van der Waals surface area contributed by atoms with E-state index in [0.29, 0.717) is 18.0 Å². The van der Waals surface area contributed by atoms with Crippen LogP contribution in [0.2, 0.25) is 0 Å². The highest BCUT2D eigenvalue weighted by Crippen LogP contribution is 2.26. The number of rotatable bonds is 13. The third kappa shape index (κ3) is 7.83. The van der Waals surface area contributed by atoms with E-state index in [1.165, 1.54) is 17.0 Å². The first kappa shape index (κ1) is 29.7. The van der Waals surface area contributed by atoms with Crippen molar-refractivity contribution in [2.75, 3.05) is 17.5 Å². The van der Waals surface area contributed by atoms with Crippen LogP contribution in [0.25, 0.3) is 0 Å². The van der Waals surface area contributed by atoms with E-state index in [0.717, 1.165) is 16.3 Å². The Balaban J connectivity index is 2.00. The van der Waals surface area contributed by atoms with Gasteiger partial charge in [-0.3, -0.25) is 13.9 Å². The number of hydrogen-bond donors (Lipinski definition) is 1. The molecule has 3 aromatic rings. The molecule has 0 bridgehead atoms. The van der Waals surface area contributed by atoms with Crippen LogP contribution in [-0.4, -0.2) is 50.4 Å². The summed E-state index contributed by atoms with van der Waals surface area (Å²) in [5, 5.41) is 2.93. The summed E-state index contributed by atoms with van der Waals surface area (Å²) in [6.45, 7) is 7.51. The van der Waals surface area contributed by atoms with Gasteiger partial charge in [-0.25, -0.2) is 8.42 Å². The first-order valence-corrected chi connectivity index (χ1v) is 14.6. The summed E-state index contributed by atoms with van der Waals surface area (Å²) in [5.74, 6) is -0.211. The molecule has 0 aromatic heterocycles. The summed E-state index contributed by atoms with van der Waals surface area (Å²) in [6.07, 6.45) is 0.742. The van der Waals surface area contributed by atoms with Crippen molar-refractivity contribution in [3.8, 4) is 5.75 Å². The molecule has 0 radical (unpaired) electrons. The molecule has 2 unspecified atom stereocenters. The lowest BCUT2D eigenvalue weighted by Crippen LogP contribution is -2.52. The van der Waals surface area contributed by atoms with Gasteiger partial charge in [-0.1, -0.05) is 55.5 Å². The van der Waals surface area contributed by atoms with E-state index in [-0.39, 0.29) is 23.4 Å². The Labute approximate surface area is 231 Å². The molecule has 9 heteroatoms. The van der Waals surface area contributed by atoms with Crippen molar-refractivity contribution in [3.63, 3.8) is 0 Å². The molecule has 0 spiro atoms. The van der Waals surface area contributed by atoms with Crippen molar-refractivity contribution in [3.05, 3.63) is 90.5 Å². The average molecular weight is 552 g/mol. The number of sulfonamides is 1. The number of hydrogen-bond acceptors (Lipinski definition) is 5. The minimum Gasteiger partial charge on any atom is -0.494 e. The van der Waals surface area contributed by atoms with Crippen LogP contribution in [0.1, 0.15) is 39.7 Å². The topological polar surface area (TPSA) is 96.0 Å². The Bertz CT molecular complexity index is 1320. The first-order chi connectivity index (χ1) is 18.7. The Morgan fingerprint density at radius 2 is 1.46 bits per heavy atom. The van der Waals surface area contributed by atoms with Gasteiger partial charge in [-0.2, -0.15) is 0 Å². The number of nitrogens with zero attached hydrogens (tertiary/aromatic N) is 2. The lowest BCUT2D eigenvalue weighted by Gasteiger charge is -2.32. The third-order valence-corrected chi connectivity index (χ3v) is 8.20. The monoisotopic (exact) mass is 551 g/mol. The molecule has 8 nitrogen and oxygen atoms in total. The van der Waals surface area contributed by atoms with E-state index in [4.69, 9.17) is 4.74 Å². The van der Waals surface area contributed by atoms with Crippen LogP contribution < -0.4 is 14.4 Å². The lowest BCUT2D eigenvalue weighted by atomic mass is 10.1. The van der Waals surface area contributed by atoms with E-state index in [2.05, 4.69) is 5.32 Å². The molecule has 39 heavy (non-hydrogen) atoms. The zero-order valence-corrected chi connectivity index (χ0v) is 23.7. The largest absolute Gasteiger partial charge is 0.494 e. The molecule has 0 fully saturated rings. The second kappa shape index (κ2) is 13.8. The molecule has 0 heterocycles. The standard InChI is InChI=1S/C30H37N3O5S/c1-5-23(3)31-30(35)24(4)32(21-25-13-9-7-10-14-25)29(34)22-33(26-17-19-27(20-18-26)38-6-2)39(36,37)28-15-11-8-12-16-28/h7-20,23-24H,5-6,21-22H2,1-4H3,(H,31,35). The van der Waals surface area contributed by atoms with Gasteiger partial charge >= 0.3 is 0 Å². The van der Waals surface area contributed by atoms with Crippen LogP contribution in [0.5, 0.6) is 5.75 Å². The van der Waals surface area contributed by atoms with Crippen molar-refractivity contribution in [1.82, 2.24) is 10.2 Å². The van der Waals surface area contributed by atoms with Gasteiger partial charge in [0, 0.05) is 12.6 Å². The summed E-state index contributed by atoms with van der Waals surface area (Å²) in [6, 6.07) is 23.0. The molecule has 0 aliphatic carbocycles. The molecule has 0 saturated carbocycles. The van der Waals surface area contributed by atoms with Gasteiger partial charge < -0.3 is 15.0 Å². The first-order valence-electron chi connectivity index (χ1n) is 13.1. The van der Waals surface area contributed by atoms with Gasteiger partial charge in [-0.15, -0.1) is 0 Å². The number of nitrogens with one attached hydrogen (secondary N) is 1. The van der Waals surface area contributed by atoms with Gasteiger partial charge in [0.15, 0.2) is 0 Å². The number of amides is 2. The quantitative estimate of drug-likeness (QED) is 0.335. The summed E-state index contributed by atoms with van der Waals surface area (Å²) < 4.78 is 34.2. The zero-order chi connectivity index (χ0) is 28.4. The van der Waals surface area contributed by atoms with E-state index < -0.39 is 28.5 Å². The number of anilines is 1. The Kier molecular flexibility index (Phi) is 10.5. The fraction of sp³-hybridized carbons (Fsp3) is 0.333. The molecular weight excluding hydrogens is 514 g/mol. The van der Waals surface area contributed by atoms with Crippen molar-refractivity contribution >= 4 is 27.5 Å². The second-order valence-corrected chi connectivity index (χ2v) is 11.1. The highest BCUT2D eigenvalue weighted by Gasteiger charge is 2.32. The van der Waals surface area contributed by atoms with Gasteiger partial charge in [-0.05, 0) is 69.2 Å². The fourth-order valence-electron chi connectivity index (χ4n) is 3.95. The molecule has 2 amide bonds. The maximum Gasteiger partial charge on any atom is 0.264 e. The number of benzene rings is 3. The van der Waals surface area contributed by atoms with Crippen molar-refractivity contribution in [1.29, 1.82) is 0 Å². The van der Waals surface area contributed by atoms with Gasteiger partial charge in [0.25, 0.3) is 10.0 Å². The Hall–Kier alpha value is -3.85. The summed E-state index contributed by atoms with van der Waals surface area (Å²) >= 11 is 0. The molecular formula is C30H37N3O5S. The van der Waals surface area contributed by atoms with Crippen molar-refractivity contribution < 1.29 is 22.7 Å². The second-order valence-electron chi connectivity index (χ2n) is 9.25. The summed E-state index contributed by atoms with van der Waals surface area (Å²) in [5.41, 5.74) is 1.14. The van der Waals surface area contributed by atoms with Crippen molar-refractivity contribution in [2.45, 2.75) is 57.6 Å². The average Bonchev–Trinajstić information content (AvgIpc) is 2.95. The van der Waals surface area contributed by atoms with Gasteiger partial charge in [0.05, 0.1) is 17.2 Å². The third-order valence-electron chi connectivity index (χ3n) is 6.41. The molecule has 208 valence electrons. The van der Waals surface area contributed by atoms with E-state index >= 15 is 0 Å². The molecule has 3 rings (SSSR count). The SMILES string of the molecule is CCOc1ccc(N(CC(=O)N(Cc2ccccc2)C(C)C(=O)NC(C)CC)S(=O)(=O)c2ccccc2)cc1. The van der Waals surface area contributed by atoms with Crippen LogP contribution in [0.15, 0.2) is 89.8 Å². The predicted molar refractivity (Wildman–Crippen MR) is 153 cm³/mol. The lowest BCUT2D eigenvalue weighted by molar-refractivity contribution is -0.139. The predicted octanol–water partition coefficient (Wildman–Crippen LogP) is 4.61. The van der Waals surface area contributed by atoms with Crippen LogP contribution >= 0.6 is 0 Å². The maximum absolute atomic E-state index is 13.9. The number of carbonyl (C=O) groups is 2. The summed E-state index contributed by atoms with van der Waals surface area (Å²) in [7, 11) is -4.11. The van der Waals surface area contributed by atoms with Crippen LogP contribution in [0, 0.1) is 0 Å². The van der Waals surface area contributed by atoms with Crippen LogP contribution in [-0.2, 0) is 26.2 Å². The minimum atomic E-state index is -4.11. The molecule has 3 aromatic carbocycles. The zero-order valence-electron chi connectivity index (χ0n) is 22.9. The maximum atomic E-state index is 13.9. The Morgan fingerprint density at radius 3 is 2.03 bits per heavy atom. The summed E-state index contributed by atoms with van der Waals surface area (Å²) in [4.78, 5) is 28.5. The normalized spacial score (nSPS) is 12.7. The minimum absolute atomic E-state index is 0.0591. The highest BCUT2D eigenvalue weighted by molar-refractivity contribution is 7.92. The fourth-order valence-corrected chi connectivity index (χ4v) is 5.39. The van der Waals surface area contributed by atoms with E-state index in [9.17, 15) is 18.0 Å². The smallest absolute Gasteiger partial charge is 0.264 e. The van der Waals surface area contributed by atoms with Gasteiger partial charge in [0.2, 0.25) is 11.8 Å². The molecule has 0 aliphatic rings. The molecule has 0 aliphatic heterocycles.